The highest BCUT2D eigenvalue weighted by atomic mass is 16.6. The van der Waals surface area contributed by atoms with Crippen LogP contribution in [0, 0.1) is 0 Å². The van der Waals surface area contributed by atoms with E-state index in [1.54, 1.807) is 20.8 Å². The summed E-state index contributed by atoms with van der Waals surface area (Å²) in [6, 6.07) is 7.65. The number of amides is 1. The first-order chi connectivity index (χ1) is 13.9. The summed E-state index contributed by atoms with van der Waals surface area (Å²) < 4.78 is 22.2. The molecule has 1 amide bonds. The Kier molecular flexibility index (Phi) is 7.47. The SMILES string of the molecule is COC(=O)C1N=C([C@H](COC(C)(C)C)NC(=O)OC(C)(C)C)OC1c1ccccc1. The van der Waals surface area contributed by atoms with Crippen LogP contribution in [0.25, 0.3) is 0 Å². The molecule has 0 radical (unpaired) electrons. The third-order valence-corrected chi connectivity index (χ3v) is 4.04. The number of esters is 1. The van der Waals surface area contributed by atoms with Gasteiger partial charge in [-0.1, -0.05) is 30.3 Å². The summed E-state index contributed by atoms with van der Waals surface area (Å²) in [5.41, 5.74) is -0.341. The Morgan fingerprint density at radius 3 is 2.27 bits per heavy atom. The van der Waals surface area contributed by atoms with Crippen molar-refractivity contribution in [2.75, 3.05) is 13.7 Å². The molecule has 1 aromatic rings. The van der Waals surface area contributed by atoms with Gasteiger partial charge in [0.05, 0.1) is 19.3 Å². The van der Waals surface area contributed by atoms with Gasteiger partial charge in [-0.2, -0.15) is 0 Å². The summed E-state index contributed by atoms with van der Waals surface area (Å²) in [5, 5.41) is 2.74. The van der Waals surface area contributed by atoms with Crippen LogP contribution in [0.2, 0.25) is 0 Å². The molecule has 30 heavy (non-hydrogen) atoms. The Morgan fingerprint density at radius 2 is 1.73 bits per heavy atom. The number of alkyl carbamates (subject to hydrolysis) is 1. The summed E-state index contributed by atoms with van der Waals surface area (Å²) >= 11 is 0. The largest absolute Gasteiger partial charge is 0.468 e. The van der Waals surface area contributed by atoms with Crippen molar-refractivity contribution in [1.29, 1.82) is 0 Å². The first-order valence-electron chi connectivity index (χ1n) is 9.90. The van der Waals surface area contributed by atoms with Gasteiger partial charge >= 0.3 is 12.1 Å². The van der Waals surface area contributed by atoms with Gasteiger partial charge in [0, 0.05) is 0 Å². The number of methoxy groups -OCH3 is 1. The number of ether oxygens (including phenoxy) is 4. The number of carbonyl (C=O) groups is 2. The smallest absolute Gasteiger partial charge is 0.408 e. The fraction of sp³-hybridized carbons (Fsp3) is 0.591. The van der Waals surface area contributed by atoms with E-state index in [-0.39, 0.29) is 12.5 Å². The molecule has 0 fully saturated rings. The second kappa shape index (κ2) is 9.47. The lowest BCUT2D eigenvalue weighted by Crippen LogP contribution is -2.47. The van der Waals surface area contributed by atoms with E-state index < -0.39 is 41.5 Å². The molecule has 2 rings (SSSR count). The second-order valence-electron chi connectivity index (χ2n) is 9.01. The third kappa shape index (κ3) is 7.02. The van der Waals surface area contributed by atoms with Gasteiger partial charge < -0.3 is 24.3 Å². The lowest BCUT2D eigenvalue weighted by molar-refractivity contribution is -0.143. The molecule has 0 aromatic heterocycles. The van der Waals surface area contributed by atoms with Crippen molar-refractivity contribution in [3.63, 3.8) is 0 Å². The monoisotopic (exact) mass is 420 g/mol. The van der Waals surface area contributed by atoms with Crippen LogP contribution in [-0.2, 0) is 23.7 Å². The molecule has 8 nitrogen and oxygen atoms in total. The van der Waals surface area contributed by atoms with Crippen molar-refractivity contribution in [2.24, 2.45) is 4.99 Å². The van der Waals surface area contributed by atoms with Gasteiger partial charge in [-0.05, 0) is 47.1 Å². The predicted octanol–water partition coefficient (Wildman–Crippen LogP) is 3.41. The fourth-order valence-electron chi connectivity index (χ4n) is 2.75. The van der Waals surface area contributed by atoms with Crippen molar-refractivity contribution in [3.05, 3.63) is 35.9 Å². The highest BCUT2D eigenvalue weighted by Crippen LogP contribution is 2.31. The Hall–Kier alpha value is -2.61. The van der Waals surface area contributed by atoms with E-state index in [1.807, 2.05) is 51.1 Å². The molecule has 0 saturated heterocycles. The summed E-state index contributed by atoms with van der Waals surface area (Å²) in [6.07, 6.45) is -1.29. The van der Waals surface area contributed by atoms with Crippen molar-refractivity contribution in [2.45, 2.75) is 70.9 Å². The summed E-state index contributed by atoms with van der Waals surface area (Å²) in [4.78, 5) is 29.2. The molecule has 1 aliphatic rings. The van der Waals surface area contributed by atoms with Crippen molar-refractivity contribution in [3.8, 4) is 0 Å². The maximum atomic E-state index is 12.4. The molecule has 0 saturated carbocycles. The molecule has 1 N–H and O–H groups in total. The van der Waals surface area contributed by atoms with E-state index in [0.29, 0.717) is 0 Å². The van der Waals surface area contributed by atoms with Gasteiger partial charge in [0.25, 0.3) is 0 Å². The van der Waals surface area contributed by atoms with Crippen LogP contribution in [0.4, 0.5) is 4.79 Å². The molecule has 3 atom stereocenters. The van der Waals surface area contributed by atoms with Gasteiger partial charge in [0.15, 0.2) is 12.1 Å². The van der Waals surface area contributed by atoms with E-state index >= 15 is 0 Å². The maximum absolute atomic E-state index is 12.4. The molecule has 1 aromatic carbocycles. The molecule has 0 spiro atoms. The zero-order valence-electron chi connectivity index (χ0n) is 18.7. The molecule has 0 aliphatic carbocycles. The van der Waals surface area contributed by atoms with Gasteiger partial charge in [-0.25, -0.2) is 14.6 Å². The molecular formula is C22H32N2O6. The van der Waals surface area contributed by atoms with Gasteiger partial charge in [-0.3, -0.25) is 0 Å². The number of rotatable bonds is 6. The minimum Gasteiger partial charge on any atom is -0.468 e. The first-order valence-corrected chi connectivity index (χ1v) is 9.90. The number of hydrogen-bond acceptors (Lipinski definition) is 7. The number of nitrogens with one attached hydrogen (secondary N) is 1. The van der Waals surface area contributed by atoms with E-state index in [2.05, 4.69) is 10.3 Å². The van der Waals surface area contributed by atoms with Crippen LogP contribution in [0.15, 0.2) is 35.3 Å². The number of hydrogen-bond donors (Lipinski definition) is 1. The maximum Gasteiger partial charge on any atom is 0.408 e. The zero-order valence-corrected chi connectivity index (χ0v) is 18.7. The normalized spacial score (nSPS) is 20.0. The fourth-order valence-corrected chi connectivity index (χ4v) is 2.75. The molecule has 8 heteroatoms. The van der Waals surface area contributed by atoms with Crippen molar-refractivity contribution in [1.82, 2.24) is 5.32 Å². The quantitative estimate of drug-likeness (QED) is 0.709. The van der Waals surface area contributed by atoms with Gasteiger partial charge in [0.2, 0.25) is 5.90 Å². The molecular weight excluding hydrogens is 388 g/mol. The minimum absolute atomic E-state index is 0.0942. The number of nitrogens with zero attached hydrogens (tertiary/aromatic N) is 1. The zero-order chi connectivity index (χ0) is 22.5. The number of carbonyl (C=O) groups excluding carboxylic acids is 2. The van der Waals surface area contributed by atoms with Gasteiger partial charge in [-0.15, -0.1) is 0 Å². The Balaban J connectivity index is 2.28. The van der Waals surface area contributed by atoms with Gasteiger partial charge in [0.1, 0.15) is 11.6 Å². The Labute approximate surface area is 177 Å². The summed E-state index contributed by atoms with van der Waals surface area (Å²) in [6.45, 7) is 11.1. The lowest BCUT2D eigenvalue weighted by Gasteiger charge is -2.27. The molecule has 166 valence electrons. The van der Waals surface area contributed by atoms with E-state index in [4.69, 9.17) is 18.9 Å². The molecule has 1 aliphatic heterocycles. The van der Waals surface area contributed by atoms with Crippen LogP contribution >= 0.6 is 0 Å². The topological polar surface area (TPSA) is 95.5 Å². The third-order valence-electron chi connectivity index (χ3n) is 4.04. The number of aliphatic imine (C=N–C) groups is 1. The van der Waals surface area contributed by atoms with Crippen LogP contribution in [0.1, 0.15) is 53.2 Å². The molecule has 0 bridgehead atoms. The average Bonchev–Trinajstić information content (AvgIpc) is 3.08. The van der Waals surface area contributed by atoms with Crippen LogP contribution in [-0.4, -0.2) is 55.0 Å². The summed E-state index contributed by atoms with van der Waals surface area (Å²) in [7, 11) is 1.30. The van der Waals surface area contributed by atoms with Crippen LogP contribution in [0.5, 0.6) is 0 Å². The van der Waals surface area contributed by atoms with Crippen molar-refractivity contribution >= 4 is 18.0 Å². The standard InChI is InChI=1S/C22H32N2O6/c1-21(2,3)28-13-15(23-20(26)30-22(4,5)6)18-24-16(19(25)27-7)17(29-18)14-11-9-8-10-12-14/h8-12,15-17H,13H2,1-7H3,(H,23,26)/t15-,16?,17?/m0/s1. The Morgan fingerprint density at radius 1 is 1.10 bits per heavy atom. The lowest BCUT2D eigenvalue weighted by atomic mass is 10.0. The van der Waals surface area contributed by atoms with E-state index in [1.165, 1.54) is 7.11 Å². The predicted molar refractivity (Wildman–Crippen MR) is 112 cm³/mol. The summed E-state index contributed by atoms with van der Waals surface area (Å²) in [5.74, 6) is -0.332. The Bertz CT molecular complexity index is 764. The molecule has 2 unspecified atom stereocenters. The van der Waals surface area contributed by atoms with Crippen LogP contribution in [0.3, 0.4) is 0 Å². The second-order valence-corrected chi connectivity index (χ2v) is 9.01. The number of benzene rings is 1. The average molecular weight is 421 g/mol. The van der Waals surface area contributed by atoms with E-state index in [0.717, 1.165) is 5.56 Å². The highest BCUT2D eigenvalue weighted by molar-refractivity contribution is 5.91. The minimum atomic E-state index is -0.884. The first kappa shape index (κ1) is 23.7. The highest BCUT2D eigenvalue weighted by Gasteiger charge is 2.41. The van der Waals surface area contributed by atoms with Crippen molar-refractivity contribution < 1.29 is 28.5 Å². The molecule has 1 heterocycles. The van der Waals surface area contributed by atoms with E-state index in [9.17, 15) is 9.59 Å². The van der Waals surface area contributed by atoms with Crippen LogP contribution < -0.4 is 5.32 Å².